The second kappa shape index (κ2) is 6.80. The molecule has 0 saturated carbocycles. The first-order valence-corrected chi connectivity index (χ1v) is 8.83. The van der Waals surface area contributed by atoms with Crippen LogP contribution in [0.5, 0.6) is 0 Å². The number of hydrogen-bond donors (Lipinski definition) is 1. The average Bonchev–Trinajstić information content (AvgIpc) is 3.01. The molecule has 2 aromatic carbocycles. The van der Waals surface area contributed by atoms with Gasteiger partial charge in [-0.05, 0) is 30.8 Å². The number of fused-ring (bicyclic) bond motifs is 1. The predicted octanol–water partition coefficient (Wildman–Crippen LogP) is 2.53. The van der Waals surface area contributed by atoms with Crippen LogP contribution in [-0.4, -0.2) is 58.8 Å². The normalized spacial score (nSPS) is 15.5. The molecule has 0 aliphatic carbocycles. The third kappa shape index (κ3) is 3.15. The van der Waals surface area contributed by atoms with Gasteiger partial charge in [0.25, 0.3) is 0 Å². The Morgan fingerprint density at radius 2 is 1.81 bits per heavy atom. The number of anilines is 1. The second-order valence-corrected chi connectivity index (χ2v) is 6.78. The summed E-state index contributed by atoms with van der Waals surface area (Å²) in [7, 11) is 2.13. The first-order chi connectivity index (χ1) is 12.6. The van der Waals surface area contributed by atoms with Crippen LogP contribution in [0.2, 0.25) is 0 Å². The summed E-state index contributed by atoms with van der Waals surface area (Å²) in [5.41, 5.74) is 3.76. The maximum Gasteiger partial charge on any atom is 0.372 e. The van der Waals surface area contributed by atoms with Crippen LogP contribution >= 0.6 is 0 Å². The molecular formula is C20H22N4O2. The van der Waals surface area contributed by atoms with Gasteiger partial charge in [-0.25, -0.2) is 9.78 Å². The Hall–Kier alpha value is -2.86. The molecule has 0 radical (unpaired) electrons. The van der Waals surface area contributed by atoms with Crippen molar-refractivity contribution in [2.45, 2.75) is 6.54 Å². The molecule has 0 atom stereocenters. The summed E-state index contributed by atoms with van der Waals surface area (Å²) in [6.45, 7) is 4.50. The molecule has 0 bridgehead atoms. The number of carboxylic acids is 1. The standard InChI is InChI=1S/C20H22N4O2/c1-22-9-11-23(12-10-22)16-7-8-17-18(13-16)24(19(21-17)20(25)26)14-15-5-3-2-4-6-15/h2-8,13H,9-12,14H2,1H3,(H,25,26). The average molecular weight is 350 g/mol. The topological polar surface area (TPSA) is 61.6 Å². The van der Waals surface area contributed by atoms with E-state index in [4.69, 9.17) is 0 Å². The number of piperazine rings is 1. The van der Waals surface area contributed by atoms with Crippen molar-refractivity contribution in [3.8, 4) is 0 Å². The van der Waals surface area contributed by atoms with Gasteiger partial charge >= 0.3 is 5.97 Å². The number of nitrogens with zero attached hydrogens (tertiary/aromatic N) is 4. The van der Waals surface area contributed by atoms with Gasteiger partial charge in [0.05, 0.1) is 11.0 Å². The summed E-state index contributed by atoms with van der Waals surface area (Å²) >= 11 is 0. The number of hydrogen-bond acceptors (Lipinski definition) is 4. The summed E-state index contributed by atoms with van der Waals surface area (Å²) in [4.78, 5) is 20.7. The third-order valence-corrected chi connectivity index (χ3v) is 4.98. The highest BCUT2D eigenvalue weighted by Crippen LogP contribution is 2.25. The summed E-state index contributed by atoms with van der Waals surface area (Å²) < 4.78 is 1.80. The van der Waals surface area contributed by atoms with Crippen LogP contribution in [0.4, 0.5) is 5.69 Å². The molecule has 1 aromatic heterocycles. The minimum atomic E-state index is -1.00. The number of aromatic nitrogens is 2. The van der Waals surface area contributed by atoms with Gasteiger partial charge in [-0.1, -0.05) is 30.3 Å². The maximum atomic E-state index is 11.7. The van der Waals surface area contributed by atoms with Crippen molar-refractivity contribution in [1.29, 1.82) is 0 Å². The van der Waals surface area contributed by atoms with E-state index in [1.807, 2.05) is 42.5 Å². The molecule has 1 aliphatic heterocycles. The van der Waals surface area contributed by atoms with Crippen LogP contribution in [0.25, 0.3) is 11.0 Å². The van der Waals surface area contributed by atoms with Crippen LogP contribution in [0, 0.1) is 0 Å². The van der Waals surface area contributed by atoms with Crippen molar-refractivity contribution < 1.29 is 9.90 Å². The van der Waals surface area contributed by atoms with E-state index < -0.39 is 5.97 Å². The number of aromatic carboxylic acids is 1. The van der Waals surface area contributed by atoms with Gasteiger partial charge in [-0.3, -0.25) is 0 Å². The lowest BCUT2D eigenvalue weighted by Crippen LogP contribution is -2.44. The van der Waals surface area contributed by atoms with E-state index in [2.05, 4.69) is 27.9 Å². The monoisotopic (exact) mass is 350 g/mol. The summed E-state index contributed by atoms with van der Waals surface area (Å²) in [6.07, 6.45) is 0. The molecule has 2 heterocycles. The quantitative estimate of drug-likeness (QED) is 0.783. The zero-order chi connectivity index (χ0) is 18.1. The van der Waals surface area contributed by atoms with Gasteiger partial charge in [-0.15, -0.1) is 0 Å². The minimum absolute atomic E-state index is 0.0828. The van der Waals surface area contributed by atoms with E-state index in [1.54, 1.807) is 4.57 Å². The van der Waals surface area contributed by atoms with Crippen LogP contribution in [0.1, 0.15) is 16.2 Å². The Morgan fingerprint density at radius 3 is 2.50 bits per heavy atom. The van der Waals surface area contributed by atoms with Crippen molar-refractivity contribution in [2.24, 2.45) is 0 Å². The van der Waals surface area contributed by atoms with Gasteiger partial charge < -0.3 is 19.5 Å². The van der Waals surface area contributed by atoms with E-state index in [9.17, 15) is 9.90 Å². The molecule has 0 amide bonds. The van der Waals surface area contributed by atoms with Gasteiger partial charge in [-0.2, -0.15) is 0 Å². The fraction of sp³-hybridized carbons (Fsp3) is 0.300. The Labute approximate surface area is 152 Å². The Morgan fingerprint density at radius 1 is 1.08 bits per heavy atom. The van der Waals surface area contributed by atoms with Crippen LogP contribution in [0.15, 0.2) is 48.5 Å². The SMILES string of the molecule is CN1CCN(c2ccc3nc(C(=O)O)n(Cc4ccccc4)c3c2)CC1. The molecule has 4 rings (SSSR count). The highest BCUT2D eigenvalue weighted by molar-refractivity contribution is 5.91. The zero-order valence-electron chi connectivity index (χ0n) is 14.8. The van der Waals surface area contributed by atoms with Crippen molar-refractivity contribution >= 4 is 22.7 Å². The highest BCUT2D eigenvalue weighted by Gasteiger charge is 2.19. The lowest BCUT2D eigenvalue weighted by molar-refractivity contribution is 0.0679. The Bertz CT molecular complexity index is 928. The van der Waals surface area contributed by atoms with E-state index in [0.29, 0.717) is 6.54 Å². The van der Waals surface area contributed by atoms with E-state index in [-0.39, 0.29) is 5.82 Å². The summed E-state index contributed by atoms with van der Waals surface area (Å²) in [5, 5.41) is 9.59. The second-order valence-electron chi connectivity index (χ2n) is 6.78. The first kappa shape index (κ1) is 16.6. The fourth-order valence-corrected chi connectivity index (χ4v) is 3.46. The van der Waals surface area contributed by atoms with Gasteiger partial charge in [0.1, 0.15) is 0 Å². The van der Waals surface area contributed by atoms with Gasteiger partial charge in [0.2, 0.25) is 5.82 Å². The molecule has 3 aromatic rings. The molecule has 1 fully saturated rings. The van der Waals surface area contributed by atoms with Crippen molar-refractivity contribution in [2.75, 3.05) is 38.1 Å². The molecule has 26 heavy (non-hydrogen) atoms. The smallest absolute Gasteiger partial charge is 0.372 e. The zero-order valence-corrected chi connectivity index (χ0v) is 14.8. The van der Waals surface area contributed by atoms with Crippen molar-refractivity contribution in [3.05, 3.63) is 59.9 Å². The Kier molecular flexibility index (Phi) is 4.34. The van der Waals surface area contributed by atoms with E-state index in [0.717, 1.165) is 48.5 Å². The fourth-order valence-electron chi connectivity index (χ4n) is 3.46. The molecule has 0 unspecified atom stereocenters. The predicted molar refractivity (Wildman–Crippen MR) is 102 cm³/mol. The molecule has 1 aliphatic rings. The number of imidazole rings is 1. The lowest BCUT2D eigenvalue weighted by Gasteiger charge is -2.34. The molecule has 0 spiro atoms. The van der Waals surface area contributed by atoms with E-state index in [1.165, 1.54) is 0 Å². The number of carbonyl (C=O) groups is 1. The van der Waals surface area contributed by atoms with Crippen LogP contribution < -0.4 is 4.90 Å². The molecule has 6 nitrogen and oxygen atoms in total. The van der Waals surface area contributed by atoms with Crippen molar-refractivity contribution in [3.63, 3.8) is 0 Å². The number of carboxylic acid groups (broad SMARTS) is 1. The van der Waals surface area contributed by atoms with Crippen molar-refractivity contribution in [1.82, 2.24) is 14.5 Å². The first-order valence-electron chi connectivity index (χ1n) is 8.83. The number of likely N-dealkylation sites (N-methyl/N-ethyl adjacent to an activating group) is 1. The van der Waals surface area contributed by atoms with Crippen LogP contribution in [0.3, 0.4) is 0 Å². The van der Waals surface area contributed by atoms with Crippen LogP contribution in [-0.2, 0) is 6.54 Å². The number of benzene rings is 2. The molecule has 1 N–H and O–H groups in total. The Balaban J connectivity index is 1.75. The molecule has 6 heteroatoms. The lowest BCUT2D eigenvalue weighted by atomic mass is 10.2. The van der Waals surface area contributed by atoms with Gasteiger partial charge in [0, 0.05) is 38.4 Å². The van der Waals surface area contributed by atoms with E-state index >= 15 is 0 Å². The summed E-state index contributed by atoms with van der Waals surface area (Å²) in [5.74, 6) is -0.919. The molecule has 134 valence electrons. The molecule has 1 saturated heterocycles. The van der Waals surface area contributed by atoms with Gasteiger partial charge in [0.15, 0.2) is 0 Å². The highest BCUT2D eigenvalue weighted by atomic mass is 16.4. The number of rotatable bonds is 4. The largest absolute Gasteiger partial charge is 0.475 e. The molecular weight excluding hydrogens is 328 g/mol. The minimum Gasteiger partial charge on any atom is -0.475 e. The summed E-state index contributed by atoms with van der Waals surface area (Å²) in [6, 6.07) is 15.9. The third-order valence-electron chi connectivity index (χ3n) is 4.98. The maximum absolute atomic E-state index is 11.7.